The van der Waals surface area contributed by atoms with E-state index >= 15 is 0 Å². The fraction of sp³-hybridized carbons (Fsp3) is 0.333. The van der Waals surface area contributed by atoms with Crippen LogP contribution in [0.2, 0.25) is 0 Å². The minimum Gasteiger partial charge on any atom is -0.325 e. The first-order valence-corrected chi connectivity index (χ1v) is 9.43. The van der Waals surface area contributed by atoms with Crippen LogP contribution in [0.4, 0.5) is 17.1 Å². The maximum atomic E-state index is 12.4. The van der Waals surface area contributed by atoms with Crippen molar-refractivity contribution in [1.29, 1.82) is 0 Å². The highest BCUT2D eigenvalue weighted by Crippen LogP contribution is 2.25. The Morgan fingerprint density at radius 2 is 1.62 bits per heavy atom. The highest BCUT2D eigenvalue weighted by molar-refractivity contribution is 5.96. The number of amides is 2. The summed E-state index contributed by atoms with van der Waals surface area (Å²) < 4.78 is 0. The van der Waals surface area contributed by atoms with Gasteiger partial charge >= 0.3 is 0 Å². The molecule has 0 radical (unpaired) electrons. The minimum absolute atomic E-state index is 0.0416. The van der Waals surface area contributed by atoms with E-state index in [9.17, 15) is 19.7 Å². The van der Waals surface area contributed by atoms with E-state index in [1.807, 2.05) is 38.1 Å². The van der Waals surface area contributed by atoms with Crippen LogP contribution in [0.15, 0.2) is 42.5 Å². The maximum Gasteiger partial charge on any atom is 0.293 e. The lowest BCUT2D eigenvalue weighted by Crippen LogP contribution is -2.39. The van der Waals surface area contributed by atoms with Gasteiger partial charge in [-0.2, -0.15) is 0 Å². The number of nitro benzene ring substituents is 1. The molecule has 0 saturated heterocycles. The molecule has 29 heavy (non-hydrogen) atoms. The van der Waals surface area contributed by atoms with Gasteiger partial charge in [0.2, 0.25) is 11.8 Å². The van der Waals surface area contributed by atoms with Gasteiger partial charge < -0.3 is 10.6 Å². The first-order valence-electron chi connectivity index (χ1n) is 9.43. The molecule has 8 heteroatoms. The summed E-state index contributed by atoms with van der Waals surface area (Å²) in [4.78, 5) is 37.2. The van der Waals surface area contributed by atoms with E-state index in [0.29, 0.717) is 6.54 Å². The average Bonchev–Trinajstić information content (AvgIpc) is 2.65. The summed E-state index contributed by atoms with van der Waals surface area (Å²) in [5, 5.41) is 16.7. The number of rotatable bonds is 9. The second-order valence-electron chi connectivity index (χ2n) is 6.90. The Labute approximate surface area is 170 Å². The van der Waals surface area contributed by atoms with Gasteiger partial charge in [0.25, 0.3) is 5.69 Å². The zero-order valence-electron chi connectivity index (χ0n) is 16.9. The van der Waals surface area contributed by atoms with Gasteiger partial charge in [-0.15, -0.1) is 0 Å². The van der Waals surface area contributed by atoms with Crippen LogP contribution >= 0.6 is 0 Å². The number of carbonyl (C=O) groups is 2. The molecule has 0 heterocycles. The second-order valence-corrected chi connectivity index (χ2v) is 6.90. The predicted octanol–water partition coefficient (Wildman–Crippen LogP) is 3.50. The number of hydrogen-bond donors (Lipinski definition) is 2. The third-order valence-electron chi connectivity index (χ3n) is 4.32. The van der Waals surface area contributed by atoms with E-state index in [4.69, 9.17) is 0 Å². The summed E-state index contributed by atoms with van der Waals surface area (Å²) in [6, 6.07) is 12.1. The first kappa shape index (κ1) is 22.0. The van der Waals surface area contributed by atoms with Crippen LogP contribution in [0, 0.1) is 24.0 Å². The predicted molar refractivity (Wildman–Crippen MR) is 113 cm³/mol. The van der Waals surface area contributed by atoms with Gasteiger partial charge in [0.1, 0.15) is 5.69 Å². The molecule has 2 rings (SSSR count). The van der Waals surface area contributed by atoms with Gasteiger partial charge in [-0.05, 0) is 50.1 Å². The number of anilines is 2. The van der Waals surface area contributed by atoms with Crippen LogP contribution < -0.4 is 10.6 Å². The molecule has 0 atom stereocenters. The molecule has 2 aromatic carbocycles. The summed E-state index contributed by atoms with van der Waals surface area (Å²) in [7, 11) is 0. The van der Waals surface area contributed by atoms with E-state index in [2.05, 4.69) is 10.6 Å². The maximum absolute atomic E-state index is 12.4. The van der Waals surface area contributed by atoms with Gasteiger partial charge in [-0.25, -0.2) is 0 Å². The van der Waals surface area contributed by atoms with Crippen molar-refractivity contribution < 1.29 is 14.5 Å². The number of carbonyl (C=O) groups excluding carboxylic acids is 2. The van der Waals surface area contributed by atoms with Crippen molar-refractivity contribution >= 4 is 28.9 Å². The molecule has 0 fully saturated rings. The number of hydrogen-bond acceptors (Lipinski definition) is 5. The Balaban J connectivity index is 2.01. The first-order chi connectivity index (χ1) is 13.8. The summed E-state index contributed by atoms with van der Waals surface area (Å²) >= 11 is 0. The zero-order valence-corrected chi connectivity index (χ0v) is 16.9. The molecule has 0 aromatic heterocycles. The van der Waals surface area contributed by atoms with E-state index in [1.165, 1.54) is 12.1 Å². The number of nitro groups is 1. The summed E-state index contributed by atoms with van der Waals surface area (Å²) in [6.07, 6.45) is 0.760. The topological polar surface area (TPSA) is 105 Å². The molecule has 0 aliphatic carbocycles. The third-order valence-corrected chi connectivity index (χ3v) is 4.32. The lowest BCUT2D eigenvalue weighted by atomic mass is 10.2. The molecule has 0 aliphatic heterocycles. The van der Waals surface area contributed by atoms with Crippen LogP contribution in [0.1, 0.15) is 24.5 Å². The van der Waals surface area contributed by atoms with Crippen molar-refractivity contribution in [2.75, 3.05) is 30.3 Å². The number of aryl methyl sites for hydroxylation is 2. The van der Waals surface area contributed by atoms with E-state index < -0.39 is 10.8 Å². The van der Waals surface area contributed by atoms with Crippen molar-refractivity contribution in [3.8, 4) is 0 Å². The SMILES string of the molecule is CCCN(CC(=O)Nc1ccccc1C)CC(=O)Nc1ccc(C)cc1[N+](=O)[O-]. The van der Waals surface area contributed by atoms with Gasteiger partial charge in [0.05, 0.1) is 18.0 Å². The Bertz CT molecular complexity index is 898. The van der Waals surface area contributed by atoms with Crippen molar-refractivity contribution in [3.05, 3.63) is 63.7 Å². The molecule has 2 aromatic rings. The highest BCUT2D eigenvalue weighted by Gasteiger charge is 2.19. The lowest BCUT2D eigenvalue weighted by Gasteiger charge is -2.21. The molecule has 0 spiro atoms. The Morgan fingerprint density at radius 3 is 2.21 bits per heavy atom. The number of nitrogens with zero attached hydrogens (tertiary/aromatic N) is 2. The van der Waals surface area contributed by atoms with Crippen LogP contribution in [0.3, 0.4) is 0 Å². The van der Waals surface area contributed by atoms with E-state index in [-0.39, 0.29) is 30.4 Å². The number of benzene rings is 2. The van der Waals surface area contributed by atoms with Crippen LogP contribution in [0.25, 0.3) is 0 Å². The Kier molecular flexibility index (Phi) is 7.85. The van der Waals surface area contributed by atoms with Crippen LogP contribution in [-0.2, 0) is 9.59 Å². The molecule has 2 N–H and O–H groups in total. The molecule has 0 unspecified atom stereocenters. The molecular formula is C21H26N4O4. The fourth-order valence-corrected chi connectivity index (χ4v) is 2.93. The minimum atomic E-state index is -0.526. The summed E-state index contributed by atoms with van der Waals surface area (Å²) in [6.45, 7) is 6.15. The van der Waals surface area contributed by atoms with E-state index in [1.54, 1.807) is 17.9 Å². The molecule has 0 aliphatic rings. The lowest BCUT2D eigenvalue weighted by molar-refractivity contribution is -0.384. The van der Waals surface area contributed by atoms with E-state index in [0.717, 1.165) is 23.2 Å². The van der Waals surface area contributed by atoms with Gasteiger partial charge in [0, 0.05) is 11.8 Å². The van der Waals surface area contributed by atoms with Crippen molar-refractivity contribution in [2.45, 2.75) is 27.2 Å². The van der Waals surface area contributed by atoms with Crippen molar-refractivity contribution in [3.63, 3.8) is 0 Å². The van der Waals surface area contributed by atoms with Gasteiger partial charge in [0.15, 0.2) is 0 Å². The van der Waals surface area contributed by atoms with Crippen LogP contribution in [-0.4, -0.2) is 41.3 Å². The Hall–Kier alpha value is -3.26. The molecular weight excluding hydrogens is 372 g/mol. The van der Waals surface area contributed by atoms with Crippen LogP contribution in [0.5, 0.6) is 0 Å². The molecule has 0 saturated carbocycles. The zero-order chi connectivity index (χ0) is 21.4. The normalized spacial score (nSPS) is 10.6. The molecule has 8 nitrogen and oxygen atoms in total. The quantitative estimate of drug-likeness (QED) is 0.497. The average molecular weight is 398 g/mol. The molecule has 154 valence electrons. The summed E-state index contributed by atoms with van der Waals surface area (Å²) in [5.41, 5.74) is 2.40. The monoisotopic (exact) mass is 398 g/mol. The molecule has 2 amide bonds. The second kappa shape index (κ2) is 10.3. The highest BCUT2D eigenvalue weighted by atomic mass is 16.6. The summed E-state index contributed by atoms with van der Waals surface area (Å²) in [5.74, 6) is -0.629. The van der Waals surface area contributed by atoms with Crippen molar-refractivity contribution in [2.24, 2.45) is 0 Å². The number of nitrogens with one attached hydrogen (secondary N) is 2. The van der Waals surface area contributed by atoms with Crippen molar-refractivity contribution in [1.82, 2.24) is 4.90 Å². The Morgan fingerprint density at radius 1 is 1.00 bits per heavy atom. The number of para-hydroxylation sites is 1. The fourth-order valence-electron chi connectivity index (χ4n) is 2.93. The largest absolute Gasteiger partial charge is 0.325 e. The third kappa shape index (κ3) is 6.69. The smallest absolute Gasteiger partial charge is 0.293 e. The molecule has 0 bridgehead atoms. The van der Waals surface area contributed by atoms with Gasteiger partial charge in [-0.1, -0.05) is 31.2 Å². The standard InChI is InChI=1S/C21H26N4O4/c1-4-11-24(13-20(26)22-17-8-6-5-7-16(17)3)14-21(27)23-18-10-9-15(2)12-19(18)25(28)29/h5-10,12H,4,11,13-14H2,1-3H3,(H,22,26)(H,23,27). The van der Waals surface area contributed by atoms with Gasteiger partial charge in [-0.3, -0.25) is 24.6 Å².